The van der Waals surface area contributed by atoms with E-state index in [9.17, 15) is 0 Å². The fourth-order valence-corrected chi connectivity index (χ4v) is 3.22. The Hall–Kier alpha value is -1.28. The largest absolute Gasteiger partial charge is 0.493 e. The second kappa shape index (κ2) is 6.87. The molecule has 1 aromatic carbocycles. The first-order chi connectivity index (χ1) is 10.2. The Bertz CT molecular complexity index is 497. The zero-order valence-corrected chi connectivity index (χ0v) is 14.9. The minimum absolute atomic E-state index is 0.231. The summed E-state index contributed by atoms with van der Waals surface area (Å²) in [6, 6.07) is 9.14. The van der Waals surface area contributed by atoms with Crippen LogP contribution in [0.4, 0.5) is 0 Å². The summed E-state index contributed by atoms with van der Waals surface area (Å²) in [7, 11) is 0. The fourth-order valence-electron chi connectivity index (χ4n) is 3.22. The van der Waals surface area contributed by atoms with Gasteiger partial charge in [-0.05, 0) is 35.8 Å². The molecular weight excluding hydrogens is 270 g/mol. The zero-order valence-electron chi connectivity index (χ0n) is 14.9. The molecule has 0 aromatic heterocycles. The van der Waals surface area contributed by atoms with Crippen LogP contribution in [-0.4, -0.2) is 30.6 Å². The number of morpholine rings is 1. The monoisotopic (exact) mass is 301 g/mol. The van der Waals surface area contributed by atoms with Crippen LogP contribution < -0.4 is 0 Å². The maximum absolute atomic E-state index is 5.63. The molecule has 0 saturated carbocycles. The van der Waals surface area contributed by atoms with Gasteiger partial charge in [-0.25, -0.2) is 0 Å². The van der Waals surface area contributed by atoms with Gasteiger partial charge in [-0.1, -0.05) is 58.5 Å². The van der Waals surface area contributed by atoms with Crippen molar-refractivity contribution in [2.24, 2.45) is 5.92 Å². The molecule has 1 aliphatic rings. The van der Waals surface area contributed by atoms with Gasteiger partial charge in [0.1, 0.15) is 11.9 Å². The van der Waals surface area contributed by atoms with E-state index in [0.717, 1.165) is 31.8 Å². The molecule has 122 valence electrons. The Balaban J connectivity index is 1.89. The third kappa shape index (κ3) is 4.88. The van der Waals surface area contributed by atoms with E-state index in [4.69, 9.17) is 4.74 Å². The molecule has 0 bridgehead atoms. The molecule has 0 N–H and O–H groups in total. The molecule has 1 unspecified atom stereocenters. The van der Waals surface area contributed by atoms with Crippen LogP contribution in [0.5, 0.6) is 0 Å². The van der Waals surface area contributed by atoms with Crippen molar-refractivity contribution in [3.63, 3.8) is 0 Å². The molecule has 0 spiro atoms. The lowest BCUT2D eigenvalue weighted by atomic mass is 9.86. The highest BCUT2D eigenvalue weighted by Crippen LogP contribution is 2.23. The highest BCUT2D eigenvalue weighted by Gasteiger charge is 2.21. The molecule has 0 amide bonds. The van der Waals surface area contributed by atoms with Crippen LogP contribution in [0.3, 0.4) is 0 Å². The predicted molar refractivity (Wildman–Crippen MR) is 94.1 cm³/mol. The Morgan fingerprint density at radius 2 is 1.91 bits per heavy atom. The van der Waals surface area contributed by atoms with Crippen LogP contribution in [0.15, 0.2) is 36.6 Å². The summed E-state index contributed by atoms with van der Waals surface area (Å²) in [5.74, 6) is 1.54. The first-order valence-corrected chi connectivity index (χ1v) is 8.40. The maximum Gasteiger partial charge on any atom is 0.108 e. The average Bonchev–Trinajstić information content (AvgIpc) is 2.36. The van der Waals surface area contributed by atoms with E-state index in [1.54, 1.807) is 0 Å². The molecule has 0 aliphatic carbocycles. The Labute approximate surface area is 136 Å². The summed E-state index contributed by atoms with van der Waals surface area (Å²) >= 11 is 0. The van der Waals surface area contributed by atoms with Crippen molar-refractivity contribution in [2.75, 3.05) is 19.6 Å². The highest BCUT2D eigenvalue weighted by atomic mass is 16.5. The van der Waals surface area contributed by atoms with E-state index in [1.807, 2.05) is 0 Å². The average molecular weight is 301 g/mol. The van der Waals surface area contributed by atoms with Gasteiger partial charge in [-0.3, -0.25) is 4.90 Å². The van der Waals surface area contributed by atoms with E-state index in [2.05, 4.69) is 70.4 Å². The highest BCUT2D eigenvalue weighted by molar-refractivity contribution is 5.27. The Kier molecular flexibility index (Phi) is 5.33. The molecule has 0 radical (unpaired) electrons. The first kappa shape index (κ1) is 17.1. The van der Waals surface area contributed by atoms with Crippen molar-refractivity contribution >= 4 is 0 Å². The Morgan fingerprint density at radius 1 is 1.27 bits per heavy atom. The molecule has 2 rings (SSSR count). The summed E-state index contributed by atoms with van der Waals surface area (Å²) in [6.07, 6.45) is 1.39. The molecular formula is C20H31NO. The molecule has 1 aromatic rings. The molecule has 2 atom stereocenters. The van der Waals surface area contributed by atoms with Crippen LogP contribution in [0, 0.1) is 5.92 Å². The first-order valence-electron chi connectivity index (χ1n) is 8.40. The van der Waals surface area contributed by atoms with Crippen LogP contribution in [0.25, 0.3) is 0 Å². The SMILES string of the molecule is C=C1CN(CC(C)Cc2ccc(C(C)(C)C)cc2)C[C@H](C)O1. The van der Waals surface area contributed by atoms with Gasteiger partial charge in [-0.2, -0.15) is 0 Å². The van der Waals surface area contributed by atoms with E-state index in [0.29, 0.717) is 5.92 Å². The van der Waals surface area contributed by atoms with Gasteiger partial charge >= 0.3 is 0 Å². The molecule has 1 heterocycles. The van der Waals surface area contributed by atoms with Gasteiger partial charge in [0.25, 0.3) is 0 Å². The van der Waals surface area contributed by atoms with Crippen molar-refractivity contribution in [2.45, 2.75) is 52.6 Å². The lowest BCUT2D eigenvalue weighted by molar-refractivity contribution is 0.0286. The molecule has 1 aliphatic heterocycles. The fraction of sp³-hybridized carbons (Fsp3) is 0.600. The summed E-state index contributed by atoms with van der Waals surface area (Å²) in [4.78, 5) is 2.46. The predicted octanol–water partition coefficient (Wildman–Crippen LogP) is 4.40. The standard InChI is InChI=1S/C20H31NO/c1-15(12-21-13-16(2)22-17(3)14-21)11-18-7-9-19(10-8-18)20(4,5)6/h7-10,15,17H,2,11-14H2,1,3-6H3/t15?,17-/m0/s1. The topological polar surface area (TPSA) is 12.5 Å². The third-order valence-electron chi connectivity index (χ3n) is 4.26. The second-order valence-corrected chi connectivity index (χ2v) is 7.92. The van der Waals surface area contributed by atoms with Crippen LogP contribution in [-0.2, 0) is 16.6 Å². The Morgan fingerprint density at radius 3 is 2.45 bits per heavy atom. The smallest absolute Gasteiger partial charge is 0.108 e. The van der Waals surface area contributed by atoms with Crippen molar-refractivity contribution in [3.8, 4) is 0 Å². The zero-order chi connectivity index (χ0) is 16.3. The summed E-state index contributed by atoms with van der Waals surface area (Å²) in [5.41, 5.74) is 3.07. The second-order valence-electron chi connectivity index (χ2n) is 7.92. The lowest BCUT2D eigenvalue weighted by Crippen LogP contribution is -2.42. The van der Waals surface area contributed by atoms with Crippen molar-refractivity contribution in [1.29, 1.82) is 0 Å². The van der Waals surface area contributed by atoms with Crippen LogP contribution in [0.1, 0.15) is 45.7 Å². The molecule has 2 nitrogen and oxygen atoms in total. The van der Waals surface area contributed by atoms with E-state index in [-0.39, 0.29) is 11.5 Å². The van der Waals surface area contributed by atoms with E-state index in [1.165, 1.54) is 11.1 Å². The number of hydrogen-bond acceptors (Lipinski definition) is 2. The molecule has 1 saturated heterocycles. The summed E-state index contributed by atoms with van der Waals surface area (Å²) in [5, 5.41) is 0. The summed E-state index contributed by atoms with van der Waals surface area (Å²) < 4.78 is 5.63. The number of rotatable bonds is 4. The number of benzene rings is 1. The van der Waals surface area contributed by atoms with Gasteiger partial charge in [-0.15, -0.1) is 0 Å². The van der Waals surface area contributed by atoms with E-state index < -0.39 is 0 Å². The van der Waals surface area contributed by atoms with Gasteiger partial charge in [0.15, 0.2) is 0 Å². The minimum atomic E-state index is 0.231. The minimum Gasteiger partial charge on any atom is -0.493 e. The van der Waals surface area contributed by atoms with Crippen molar-refractivity contribution in [1.82, 2.24) is 4.90 Å². The molecule has 2 heteroatoms. The van der Waals surface area contributed by atoms with Crippen LogP contribution in [0.2, 0.25) is 0 Å². The normalized spacial score (nSPS) is 21.5. The summed E-state index contributed by atoms with van der Waals surface area (Å²) in [6.45, 7) is 18.2. The maximum atomic E-state index is 5.63. The molecule has 1 fully saturated rings. The quantitative estimate of drug-likeness (QED) is 0.817. The van der Waals surface area contributed by atoms with Gasteiger partial charge < -0.3 is 4.74 Å². The molecule has 22 heavy (non-hydrogen) atoms. The lowest BCUT2D eigenvalue weighted by Gasteiger charge is -2.34. The van der Waals surface area contributed by atoms with Gasteiger partial charge in [0.05, 0.1) is 6.54 Å². The van der Waals surface area contributed by atoms with Crippen molar-refractivity contribution in [3.05, 3.63) is 47.7 Å². The number of hydrogen-bond donors (Lipinski definition) is 0. The van der Waals surface area contributed by atoms with Crippen molar-refractivity contribution < 1.29 is 4.74 Å². The van der Waals surface area contributed by atoms with Gasteiger partial charge in [0.2, 0.25) is 0 Å². The van der Waals surface area contributed by atoms with Gasteiger partial charge in [0, 0.05) is 13.1 Å². The number of ether oxygens (including phenoxy) is 1. The van der Waals surface area contributed by atoms with Crippen LogP contribution >= 0.6 is 0 Å². The third-order valence-corrected chi connectivity index (χ3v) is 4.26. The number of nitrogens with zero attached hydrogens (tertiary/aromatic N) is 1. The van der Waals surface area contributed by atoms with E-state index >= 15 is 0 Å².